The molecule has 1 heterocycles. The van der Waals surface area contributed by atoms with Crippen molar-refractivity contribution >= 4 is 12.0 Å². The van der Waals surface area contributed by atoms with E-state index < -0.39 is 11.8 Å². The molecule has 1 aliphatic rings. The minimum atomic E-state index is -1.40. The predicted molar refractivity (Wildman–Crippen MR) is 67.8 cm³/mol. The molecule has 1 atom stereocenters. The number of carboxylic acid groups (broad SMARTS) is 1. The fourth-order valence-corrected chi connectivity index (χ4v) is 1.70. The summed E-state index contributed by atoms with van der Waals surface area (Å²) in [6, 6.07) is 0.208. The van der Waals surface area contributed by atoms with Crippen LogP contribution in [-0.4, -0.2) is 32.9 Å². The van der Waals surface area contributed by atoms with Gasteiger partial charge in [0.2, 0.25) is 0 Å². The van der Waals surface area contributed by atoms with Crippen LogP contribution in [0.1, 0.15) is 30.1 Å². The van der Waals surface area contributed by atoms with Gasteiger partial charge < -0.3 is 10.4 Å². The molecule has 1 fully saturated rings. The summed E-state index contributed by atoms with van der Waals surface area (Å²) < 4.78 is 13.6. The molecule has 108 valence electrons. The lowest BCUT2D eigenvalue weighted by molar-refractivity contribution is 0.0951. The van der Waals surface area contributed by atoms with E-state index in [1.165, 1.54) is 24.0 Å². The zero-order chi connectivity index (χ0) is 14.8. The highest BCUT2D eigenvalue weighted by atomic mass is 19.1. The number of nitrogens with one attached hydrogen (secondary N) is 2. The fraction of sp³-hybridized carbons (Fsp3) is 0.417. The standard InChI is InChI=1S/C12H15FN4O3/c1-12(4-5-13,16-11(19)20)17-7-8(6-14-17)10(18)15-9-2-3-9/h4-7,9,16H,2-3H2,1H3,(H,15,18)(H,19,20). The molecular weight excluding hydrogens is 267 g/mol. The predicted octanol–water partition coefficient (Wildman–Crippen LogP) is 1.20. The van der Waals surface area contributed by atoms with Crippen LogP contribution in [0.4, 0.5) is 9.18 Å². The van der Waals surface area contributed by atoms with Gasteiger partial charge in [0.15, 0.2) is 5.66 Å². The molecule has 1 aromatic rings. The maximum atomic E-state index is 12.4. The van der Waals surface area contributed by atoms with Crippen LogP contribution in [0.5, 0.6) is 0 Å². The maximum absolute atomic E-state index is 12.4. The van der Waals surface area contributed by atoms with Crippen LogP contribution in [0, 0.1) is 0 Å². The zero-order valence-electron chi connectivity index (χ0n) is 10.8. The Hall–Kier alpha value is -2.38. The second kappa shape index (κ2) is 5.32. The topological polar surface area (TPSA) is 96.2 Å². The minimum Gasteiger partial charge on any atom is -0.465 e. The molecule has 1 aliphatic carbocycles. The molecule has 1 aromatic heterocycles. The lowest BCUT2D eigenvalue weighted by atomic mass is 10.2. The molecule has 20 heavy (non-hydrogen) atoms. The third-order valence-electron chi connectivity index (χ3n) is 2.98. The summed E-state index contributed by atoms with van der Waals surface area (Å²) in [5.41, 5.74) is -1.11. The van der Waals surface area contributed by atoms with E-state index >= 15 is 0 Å². The highest BCUT2D eigenvalue weighted by Gasteiger charge is 2.29. The van der Waals surface area contributed by atoms with Crippen LogP contribution >= 0.6 is 0 Å². The molecule has 0 aromatic carbocycles. The van der Waals surface area contributed by atoms with E-state index in [-0.39, 0.29) is 18.3 Å². The Labute approximate surface area is 114 Å². The number of nitrogens with zero attached hydrogens (tertiary/aromatic N) is 2. The number of amides is 2. The minimum absolute atomic E-state index is 0.208. The molecule has 3 N–H and O–H groups in total. The summed E-state index contributed by atoms with van der Waals surface area (Å²) >= 11 is 0. The first kappa shape index (κ1) is 14.0. The van der Waals surface area contributed by atoms with Crippen molar-refractivity contribution in [2.45, 2.75) is 31.5 Å². The smallest absolute Gasteiger partial charge is 0.406 e. The largest absolute Gasteiger partial charge is 0.465 e. The zero-order valence-corrected chi connectivity index (χ0v) is 10.8. The summed E-state index contributed by atoms with van der Waals surface area (Å²) in [6.07, 6.45) is 4.49. The van der Waals surface area contributed by atoms with Gasteiger partial charge in [0, 0.05) is 12.2 Å². The Morgan fingerprint density at radius 1 is 1.60 bits per heavy atom. The first-order chi connectivity index (χ1) is 9.44. The second-order valence-corrected chi connectivity index (χ2v) is 4.79. The number of carbonyl (C=O) groups excluding carboxylic acids is 1. The lowest BCUT2D eigenvalue weighted by Crippen LogP contribution is -2.46. The molecule has 0 saturated heterocycles. The average Bonchev–Trinajstić information content (AvgIpc) is 3.02. The van der Waals surface area contributed by atoms with Gasteiger partial charge in [0.25, 0.3) is 5.91 Å². The van der Waals surface area contributed by atoms with Crippen LogP contribution in [0.2, 0.25) is 0 Å². The molecule has 1 saturated carbocycles. The molecule has 1 unspecified atom stereocenters. The molecule has 0 radical (unpaired) electrons. The highest BCUT2D eigenvalue weighted by Crippen LogP contribution is 2.20. The molecule has 0 spiro atoms. The highest BCUT2D eigenvalue weighted by molar-refractivity contribution is 5.94. The number of carbonyl (C=O) groups is 2. The Bertz CT molecular complexity index is 553. The summed E-state index contributed by atoms with van der Waals surface area (Å²) in [5.74, 6) is -0.277. The van der Waals surface area contributed by atoms with E-state index in [0.29, 0.717) is 5.56 Å². The number of halogens is 1. The van der Waals surface area contributed by atoms with Crippen molar-refractivity contribution in [3.8, 4) is 0 Å². The molecule has 7 nitrogen and oxygen atoms in total. The van der Waals surface area contributed by atoms with Crippen LogP contribution < -0.4 is 10.6 Å². The maximum Gasteiger partial charge on any atom is 0.406 e. The van der Waals surface area contributed by atoms with Crippen molar-refractivity contribution < 1.29 is 19.1 Å². The Balaban J connectivity index is 2.19. The van der Waals surface area contributed by atoms with Gasteiger partial charge in [-0.25, -0.2) is 13.9 Å². The summed E-state index contributed by atoms with van der Waals surface area (Å²) in [7, 11) is 0. The van der Waals surface area contributed by atoms with Crippen molar-refractivity contribution in [1.82, 2.24) is 20.4 Å². The van der Waals surface area contributed by atoms with E-state index in [9.17, 15) is 14.0 Å². The molecule has 8 heteroatoms. The van der Waals surface area contributed by atoms with E-state index in [2.05, 4.69) is 15.7 Å². The summed E-state index contributed by atoms with van der Waals surface area (Å²) in [5, 5.41) is 17.6. The first-order valence-corrected chi connectivity index (χ1v) is 6.09. The van der Waals surface area contributed by atoms with Crippen molar-refractivity contribution in [3.05, 3.63) is 30.4 Å². The van der Waals surface area contributed by atoms with Crippen molar-refractivity contribution in [2.75, 3.05) is 0 Å². The van der Waals surface area contributed by atoms with Crippen molar-refractivity contribution in [3.63, 3.8) is 0 Å². The Morgan fingerprint density at radius 3 is 2.85 bits per heavy atom. The van der Waals surface area contributed by atoms with Gasteiger partial charge in [-0.05, 0) is 25.8 Å². The average molecular weight is 282 g/mol. The van der Waals surface area contributed by atoms with Gasteiger partial charge in [-0.2, -0.15) is 5.10 Å². The molecule has 0 aliphatic heterocycles. The monoisotopic (exact) mass is 282 g/mol. The summed E-state index contributed by atoms with van der Waals surface area (Å²) in [4.78, 5) is 22.6. The molecular formula is C12H15FN4O3. The van der Waals surface area contributed by atoms with Gasteiger partial charge in [-0.1, -0.05) is 0 Å². The number of rotatable bonds is 5. The van der Waals surface area contributed by atoms with Gasteiger partial charge in [-0.15, -0.1) is 0 Å². The van der Waals surface area contributed by atoms with Gasteiger partial charge in [-0.3, -0.25) is 10.1 Å². The van der Waals surface area contributed by atoms with E-state index in [0.717, 1.165) is 18.9 Å². The number of hydrogen-bond donors (Lipinski definition) is 3. The SMILES string of the molecule is CC(C=CF)(NC(=O)O)n1cc(C(=O)NC2CC2)cn1. The lowest BCUT2D eigenvalue weighted by Gasteiger charge is -2.25. The van der Waals surface area contributed by atoms with Crippen molar-refractivity contribution in [1.29, 1.82) is 0 Å². The number of hydrogen-bond acceptors (Lipinski definition) is 3. The Morgan fingerprint density at radius 2 is 2.30 bits per heavy atom. The van der Waals surface area contributed by atoms with E-state index in [1.807, 2.05) is 0 Å². The van der Waals surface area contributed by atoms with Gasteiger partial charge >= 0.3 is 6.09 Å². The van der Waals surface area contributed by atoms with Crippen LogP contribution in [-0.2, 0) is 5.66 Å². The molecule has 2 rings (SSSR count). The molecule has 2 amide bonds. The van der Waals surface area contributed by atoms with Crippen molar-refractivity contribution in [2.24, 2.45) is 0 Å². The second-order valence-electron chi connectivity index (χ2n) is 4.79. The Kier molecular flexibility index (Phi) is 3.73. The first-order valence-electron chi connectivity index (χ1n) is 6.09. The van der Waals surface area contributed by atoms with Crippen LogP contribution in [0.3, 0.4) is 0 Å². The third-order valence-corrected chi connectivity index (χ3v) is 2.98. The van der Waals surface area contributed by atoms with E-state index in [1.54, 1.807) is 0 Å². The number of aromatic nitrogens is 2. The fourth-order valence-electron chi connectivity index (χ4n) is 1.70. The van der Waals surface area contributed by atoms with Gasteiger partial charge in [0.1, 0.15) is 0 Å². The van der Waals surface area contributed by atoms with Crippen LogP contribution in [0.15, 0.2) is 24.8 Å². The molecule has 0 bridgehead atoms. The van der Waals surface area contributed by atoms with Gasteiger partial charge in [0.05, 0.1) is 18.1 Å². The summed E-state index contributed by atoms with van der Waals surface area (Å²) in [6.45, 7) is 1.42. The van der Waals surface area contributed by atoms with E-state index in [4.69, 9.17) is 5.11 Å². The van der Waals surface area contributed by atoms with Crippen LogP contribution in [0.25, 0.3) is 0 Å². The normalized spacial score (nSPS) is 17.7. The third kappa shape index (κ3) is 3.14. The quantitative estimate of drug-likeness (QED) is 0.756.